The van der Waals surface area contributed by atoms with Crippen molar-refractivity contribution in [2.75, 3.05) is 24.6 Å². The average molecular weight is 433 g/mol. The van der Waals surface area contributed by atoms with Crippen molar-refractivity contribution in [3.63, 3.8) is 0 Å². The van der Waals surface area contributed by atoms with Gasteiger partial charge >= 0.3 is 0 Å². The summed E-state index contributed by atoms with van der Waals surface area (Å²) in [6.45, 7) is 6.35. The Morgan fingerprint density at radius 2 is 2.10 bits per heavy atom. The van der Waals surface area contributed by atoms with Crippen LogP contribution in [0.3, 0.4) is 0 Å². The molecule has 8 heteroatoms. The summed E-state index contributed by atoms with van der Waals surface area (Å²) >= 11 is 1.87. The summed E-state index contributed by atoms with van der Waals surface area (Å²) < 4.78 is 28.5. The minimum Gasteiger partial charge on any atom is -0.336 e. The second kappa shape index (κ2) is 9.31. The summed E-state index contributed by atoms with van der Waals surface area (Å²) in [5.74, 6) is 0.253. The summed E-state index contributed by atoms with van der Waals surface area (Å²) in [5, 5.41) is 8.10. The lowest BCUT2D eigenvalue weighted by molar-refractivity contribution is 0.0764. The van der Waals surface area contributed by atoms with Crippen LogP contribution < -0.4 is 5.32 Å². The van der Waals surface area contributed by atoms with Gasteiger partial charge < -0.3 is 10.2 Å². The third-order valence-corrected chi connectivity index (χ3v) is 6.67. The molecule has 1 saturated heterocycles. The van der Waals surface area contributed by atoms with Crippen LogP contribution >= 0.6 is 11.8 Å². The van der Waals surface area contributed by atoms with E-state index in [4.69, 9.17) is 0 Å². The van der Waals surface area contributed by atoms with Gasteiger partial charge in [0.1, 0.15) is 0 Å². The minimum absolute atomic E-state index is 0.00983. The zero-order chi connectivity index (χ0) is 21.1. The molecule has 0 unspecified atom stereocenters. The number of halogens is 2. The molecular formula is C22H26F2N4OS. The molecule has 4 rings (SSSR count). The van der Waals surface area contributed by atoms with Crippen LogP contribution in [0.5, 0.6) is 0 Å². The quantitative estimate of drug-likeness (QED) is 0.713. The van der Waals surface area contributed by atoms with Crippen LogP contribution in [0.15, 0.2) is 30.9 Å². The van der Waals surface area contributed by atoms with Gasteiger partial charge in [-0.1, -0.05) is 12.1 Å². The molecular weight excluding hydrogens is 406 g/mol. The Hall–Kier alpha value is -2.19. The number of nitrogens with one attached hydrogen (secondary N) is 1. The van der Waals surface area contributed by atoms with Crippen LogP contribution in [0.1, 0.15) is 33.7 Å². The van der Waals surface area contributed by atoms with Crippen molar-refractivity contribution in [3.8, 4) is 0 Å². The first-order valence-corrected chi connectivity index (χ1v) is 11.5. The standard InChI is InChI=1S/C22H26F2N4OS/c1-2-7-28-20-6-4-16(25-14-15-3-5-18(23)19(24)12-15)13-17(20)21(26-28)22(29)27-8-10-30-11-9-27/h2-3,5,12,16,25H,1,4,6-11,13-14H2/t16-/m0/s1. The lowest BCUT2D eigenvalue weighted by atomic mass is 9.91. The number of benzene rings is 1. The first kappa shape index (κ1) is 21.1. The molecule has 160 valence electrons. The van der Waals surface area contributed by atoms with E-state index in [9.17, 15) is 13.6 Å². The fourth-order valence-electron chi connectivity index (χ4n) is 4.14. The van der Waals surface area contributed by atoms with Gasteiger partial charge in [-0.05, 0) is 37.0 Å². The topological polar surface area (TPSA) is 50.2 Å². The molecule has 1 aliphatic carbocycles. The molecule has 2 heterocycles. The molecule has 0 radical (unpaired) electrons. The zero-order valence-electron chi connectivity index (χ0n) is 16.9. The highest BCUT2D eigenvalue weighted by atomic mass is 32.2. The number of allylic oxidation sites excluding steroid dienone is 1. The summed E-state index contributed by atoms with van der Waals surface area (Å²) in [4.78, 5) is 15.1. The van der Waals surface area contributed by atoms with Crippen LogP contribution in [0.2, 0.25) is 0 Å². The number of nitrogens with zero attached hydrogens (tertiary/aromatic N) is 3. The number of rotatable bonds is 6. The van der Waals surface area contributed by atoms with Crippen molar-refractivity contribution < 1.29 is 13.6 Å². The van der Waals surface area contributed by atoms with Crippen molar-refractivity contribution in [3.05, 3.63) is 65.0 Å². The largest absolute Gasteiger partial charge is 0.336 e. The Bertz CT molecular complexity index is 939. The van der Waals surface area contributed by atoms with E-state index in [1.165, 1.54) is 6.07 Å². The van der Waals surface area contributed by atoms with Crippen LogP contribution in [0.4, 0.5) is 8.78 Å². The summed E-state index contributed by atoms with van der Waals surface area (Å²) in [5.41, 5.74) is 3.37. The molecule has 0 saturated carbocycles. The van der Waals surface area contributed by atoms with Crippen LogP contribution in [-0.2, 0) is 25.9 Å². The molecule has 2 aliphatic rings. The lowest BCUT2D eigenvalue weighted by Crippen LogP contribution is -2.39. The van der Waals surface area contributed by atoms with Gasteiger partial charge in [0.25, 0.3) is 5.91 Å². The maximum atomic E-state index is 13.5. The highest BCUT2D eigenvalue weighted by Gasteiger charge is 2.31. The third-order valence-electron chi connectivity index (χ3n) is 5.73. The average Bonchev–Trinajstić information content (AvgIpc) is 3.12. The molecule has 1 aromatic carbocycles. The van der Waals surface area contributed by atoms with E-state index < -0.39 is 11.6 Å². The lowest BCUT2D eigenvalue weighted by Gasteiger charge is -2.27. The normalized spacial score (nSPS) is 18.9. The van der Waals surface area contributed by atoms with Gasteiger partial charge in [0.15, 0.2) is 17.3 Å². The number of carbonyl (C=O) groups excluding carboxylic acids is 1. The highest BCUT2D eigenvalue weighted by Crippen LogP contribution is 2.27. The number of fused-ring (bicyclic) bond motifs is 1. The third kappa shape index (κ3) is 4.44. The zero-order valence-corrected chi connectivity index (χ0v) is 17.7. The van der Waals surface area contributed by atoms with E-state index in [0.29, 0.717) is 30.8 Å². The second-order valence-corrected chi connectivity index (χ2v) is 8.94. The molecule has 30 heavy (non-hydrogen) atoms. The number of aromatic nitrogens is 2. The van der Waals surface area contributed by atoms with Crippen molar-refractivity contribution in [2.24, 2.45) is 0 Å². The first-order valence-electron chi connectivity index (χ1n) is 10.3. The van der Waals surface area contributed by atoms with Crippen molar-refractivity contribution >= 4 is 17.7 Å². The van der Waals surface area contributed by atoms with Gasteiger partial charge in [0, 0.05) is 48.4 Å². The molecule has 0 spiro atoms. The van der Waals surface area contributed by atoms with Crippen LogP contribution in [0.25, 0.3) is 0 Å². The molecule has 1 aliphatic heterocycles. The Morgan fingerprint density at radius 1 is 1.30 bits per heavy atom. The summed E-state index contributed by atoms with van der Waals surface area (Å²) in [6, 6.07) is 4.11. The molecule has 2 aromatic rings. The summed E-state index contributed by atoms with van der Waals surface area (Å²) in [6.07, 6.45) is 4.20. The van der Waals surface area contributed by atoms with E-state index in [2.05, 4.69) is 17.0 Å². The minimum atomic E-state index is -0.838. The molecule has 0 bridgehead atoms. The number of carbonyl (C=O) groups is 1. The van der Waals surface area contributed by atoms with E-state index in [1.54, 1.807) is 12.1 Å². The number of amides is 1. The van der Waals surface area contributed by atoms with Gasteiger partial charge in [0.2, 0.25) is 0 Å². The number of thioether (sulfide) groups is 1. The van der Waals surface area contributed by atoms with E-state index in [0.717, 1.165) is 54.8 Å². The van der Waals surface area contributed by atoms with Crippen molar-refractivity contribution in [1.29, 1.82) is 0 Å². The van der Waals surface area contributed by atoms with Gasteiger partial charge in [-0.25, -0.2) is 8.78 Å². The number of hydrogen-bond acceptors (Lipinski definition) is 4. The molecule has 5 nitrogen and oxygen atoms in total. The highest BCUT2D eigenvalue weighted by molar-refractivity contribution is 7.99. The van der Waals surface area contributed by atoms with Gasteiger partial charge in [-0.15, -0.1) is 6.58 Å². The predicted molar refractivity (Wildman–Crippen MR) is 115 cm³/mol. The maximum Gasteiger partial charge on any atom is 0.274 e. The molecule has 1 aromatic heterocycles. The SMILES string of the molecule is C=CCn1nc(C(=O)N2CCSCC2)c2c1CC[C@H](NCc1ccc(F)c(F)c1)C2. The number of hydrogen-bond donors (Lipinski definition) is 1. The first-order chi connectivity index (χ1) is 14.6. The van der Waals surface area contributed by atoms with E-state index >= 15 is 0 Å². The maximum absolute atomic E-state index is 13.5. The Balaban J connectivity index is 1.51. The smallest absolute Gasteiger partial charge is 0.274 e. The fourth-order valence-corrected chi connectivity index (χ4v) is 5.04. The Kier molecular flexibility index (Phi) is 6.53. The Labute approximate surface area is 179 Å². The second-order valence-electron chi connectivity index (χ2n) is 7.72. The monoisotopic (exact) mass is 432 g/mol. The van der Waals surface area contributed by atoms with Gasteiger partial charge in [-0.3, -0.25) is 9.48 Å². The predicted octanol–water partition coefficient (Wildman–Crippen LogP) is 3.18. The van der Waals surface area contributed by atoms with Crippen molar-refractivity contribution in [1.82, 2.24) is 20.0 Å². The molecule has 1 atom stereocenters. The van der Waals surface area contributed by atoms with Crippen molar-refractivity contribution in [2.45, 2.75) is 38.4 Å². The molecule has 1 N–H and O–H groups in total. The van der Waals surface area contributed by atoms with Crippen LogP contribution in [0, 0.1) is 11.6 Å². The van der Waals surface area contributed by atoms with Gasteiger partial charge in [0.05, 0.1) is 6.54 Å². The van der Waals surface area contributed by atoms with E-state index in [-0.39, 0.29) is 11.9 Å². The molecule has 1 amide bonds. The fraction of sp³-hybridized carbons (Fsp3) is 0.455. The van der Waals surface area contributed by atoms with Gasteiger partial charge in [-0.2, -0.15) is 16.9 Å². The Morgan fingerprint density at radius 3 is 2.83 bits per heavy atom. The van der Waals surface area contributed by atoms with Crippen LogP contribution in [-0.4, -0.2) is 51.2 Å². The van der Waals surface area contributed by atoms with E-state index in [1.807, 2.05) is 21.3 Å². The molecule has 1 fully saturated rings. The summed E-state index contributed by atoms with van der Waals surface area (Å²) in [7, 11) is 0.